The molecular formula is C8H18NO2PS. The van der Waals surface area contributed by atoms with Crippen LogP contribution in [0.25, 0.3) is 0 Å². The van der Waals surface area contributed by atoms with Gasteiger partial charge in [0.1, 0.15) is 0 Å². The summed E-state index contributed by atoms with van der Waals surface area (Å²) in [7, 11) is 1.62. The molecule has 0 bridgehead atoms. The van der Waals surface area contributed by atoms with Gasteiger partial charge in [-0.15, -0.1) is 0 Å². The van der Waals surface area contributed by atoms with Gasteiger partial charge in [-0.25, -0.2) is 0 Å². The molecule has 0 N–H and O–H groups in total. The van der Waals surface area contributed by atoms with Gasteiger partial charge in [-0.2, -0.15) is 0 Å². The highest BCUT2D eigenvalue weighted by Crippen LogP contribution is 2.60. The van der Waals surface area contributed by atoms with E-state index in [4.69, 9.17) is 0 Å². The van der Waals surface area contributed by atoms with Gasteiger partial charge >= 0.3 is 0 Å². The van der Waals surface area contributed by atoms with Gasteiger partial charge in [-0.05, 0) is 6.42 Å². The van der Waals surface area contributed by atoms with Gasteiger partial charge in [0, 0.05) is 25.9 Å². The van der Waals surface area contributed by atoms with E-state index in [9.17, 15) is 9.36 Å². The lowest BCUT2D eigenvalue weighted by molar-refractivity contribution is -0.123. The molecule has 1 atom stereocenters. The zero-order chi connectivity index (χ0) is 10.5. The Labute approximate surface area is 84.4 Å². The van der Waals surface area contributed by atoms with Crippen LogP contribution in [0.4, 0.5) is 0 Å². The van der Waals surface area contributed by atoms with Crippen molar-refractivity contribution in [1.29, 1.82) is 0 Å². The average molecular weight is 223 g/mol. The van der Waals surface area contributed by atoms with Crippen LogP contribution in [0.2, 0.25) is 0 Å². The first-order valence-corrected chi connectivity index (χ1v) is 7.89. The Balaban J connectivity index is 4.43. The lowest BCUT2D eigenvalue weighted by atomic mass is 10.6. The predicted molar refractivity (Wildman–Crippen MR) is 59.3 cm³/mol. The van der Waals surface area contributed by atoms with E-state index in [-0.39, 0.29) is 5.91 Å². The quantitative estimate of drug-likeness (QED) is 0.672. The van der Waals surface area contributed by atoms with Crippen LogP contribution in [0.5, 0.6) is 0 Å². The Kier molecular flexibility index (Phi) is 5.73. The van der Waals surface area contributed by atoms with Crippen LogP contribution in [-0.4, -0.2) is 29.5 Å². The van der Waals surface area contributed by atoms with Crippen molar-refractivity contribution >= 4 is 23.8 Å². The molecule has 0 aromatic carbocycles. The molecule has 0 saturated carbocycles. The van der Waals surface area contributed by atoms with E-state index in [1.54, 1.807) is 7.05 Å². The van der Waals surface area contributed by atoms with Crippen LogP contribution in [-0.2, 0) is 9.36 Å². The topological polar surface area (TPSA) is 37.4 Å². The molecule has 0 saturated heterocycles. The maximum absolute atomic E-state index is 12.2. The molecule has 0 aliphatic heterocycles. The Hall–Kier alpha value is 0.0500. The third-order valence-electron chi connectivity index (χ3n) is 1.81. The summed E-state index contributed by atoms with van der Waals surface area (Å²) < 4.78 is 13.5. The van der Waals surface area contributed by atoms with Crippen LogP contribution < -0.4 is 0 Å². The summed E-state index contributed by atoms with van der Waals surface area (Å²) in [5.74, 6) is 0.733. The fourth-order valence-electron chi connectivity index (χ4n) is 0.839. The van der Waals surface area contributed by atoms with Crippen molar-refractivity contribution < 1.29 is 9.36 Å². The van der Waals surface area contributed by atoms with Crippen LogP contribution in [0.3, 0.4) is 0 Å². The molecule has 5 heteroatoms. The van der Waals surface area contributed by atoms with E-state index in [0.29, 0.717) is 6.16 Å². The van der Waals surface area contributed by atoms with Crippen molar-refractivity contribution in [3.63, 3.8) is 0 Å². The summed E-state index contributed by atoms with van der Waals surface area (Å²) >= 11 is 1.42. The fraction of sp³-hybridized carbons (Fsp3) is 0.875. The van der Waals surface area contributed by atoms with E-state index in [1.165, 1.54) is 23.0 Å². The molecule has 78 valence electrons. The molecule has 1 unspecified atom stereocenters. The molecule has 0 aromatic rings. The SMILES string of the molecule is CCCSP(=O)(CC)N(C)C(C)=O. The fourth-order valence-corrected chi connectivity index (χ4v) is 5.33. The van der Waals surface area contributed by atoms with Gasteiger partial charge < -0.3 is 0 Å². The molecule has 1 amide bonds. The lowest BCUT2D eigenvalue weighted by Crippen LogP contribution is -2.20. The van der Waals surface area contributed by atoms with Crippen LogP contribution in [0.1, 0.15) is 27.2 Å². The van der Waals surface area contributed by atoms with Gasteiger partial charge in [0.15, 0.2) is 0 Å². The molecule has 0 aromatic heterocycles. The van der Waals surface area contributed by atoms with Crippen molar-refractivity contribution in [3.8, 4) is 0 Å². The smallest absolute Gasteiger partial charge is 0.227 e. The molecule has 0 spiro atoms. The third kappa shape index (κ3) is 3.74. The molecule has 0 heterocycles. The highest BCUT2D eigenvalue weighted by atomic mass is 32.7. The molecule has 0 rings (SSSR count). The maximum Gasteiger partial charge on any atom is 0.227 e. The first-order valence-electron chi connectivity index (χ1n) is 4.46. The average Bonchev–Trinajstić information content (AvgIpc) is 2.12. The lowest BCUT2D eigenvalue weighted by Gasteiger charge is -2.25. The first-order chi connectivity index (χ1) is 5.98. The summed E-state index contributed by atoms with van der Waals surface area (Å²) in [4.78, 5) is 11.1. The Morgan fingerprint density at radius 1 is 1.46 bits per heavy atom. The molecule has 0 aliphatic rings. The van der Waals surface area contributed by atoms with Gasteiger partial charge in [-0.1, -0.05) is 25.2 Å². The maximum atomic E-state index is 12.2. The molecular weight excluding hydrogens is 205 g/mol. The third-order valence-corrected chi connectivity index (χ3v) is 8.07. The summed E-state index contributed by atoms with van der Waals surface area (Å²) in [6, 6.07) is 0. The van der Waals surface area contributed by atoms with E-state index in [1.807, 2.05) is 13.8 Å². The summed E-state index contributed by atoms with van der Waals surface area (Å²) in [5.41, 5.74) is 0. The number of hydrogen-bond donors (Lipinski definition) is 0. The standard InChI is InChI=1S/C8H18NO2PS/c1-5-7-13-12(11,6-2)9(4)8(3)10/h5-7H2,1-4H3. The highest BCUT2D eigenvalue weighted by Gasteiger charge is 2.27. The number of carbonyl (C=O) groups is 1. The summed E-state index contributed by atoms with van der Waals surface area (Å²) in [6.07, 6.45) is 1.54. The van der Waals surface area contributed by atoms with E-state index in [0.717, 1.165) is 12.2 Å². The highest BCUT2D eigenvalue weighted by molar-refractivity contribution is 8.57. The predicted octanol–water partition coefficient (Wildman–Crippen LogP) is 2.82. The molecule has 3 nitrogen and oxygen atoms in total. The van der Waals surface area contributed by atoms with Crippen molar-refractivity contribution in [2.45, 2.75) is 27.2 Å². The molecule has 0 radical (unpaired) electrons. The van der Waals surface area contributed by atoms with Crippen LogP contribution in [0, 0.1) is 0 Å². The minimum absolute atomic E-state index is 0.117. The second-order valence-electron chi connectivity index (χ2n) is 2.83. The Bertz CT molecular complexity index is 220. The van der Waals surface area contributed by atoms with Gasteiger partial charge in [0.25, 0.3) is 0 Å². The second-order valence-corrected chi connectivity index (χ2v) is 8.49. The molecule has 13 heavy (non-hydrogen) atoms. The normalized spacial score (nSPS) is 15.1. The Morgan fingerprint density at radius 3 is 2.31 bits per heavy atom. The minimum atomic E-state index is -2.46. The van der Waals surface area contributed by atoms with E-state index >= 15 is 0 Å². The van der Waals surface area contributed by atoms with E-state index in [2.05, 4.69) is 0 Å². The van der Waals surface area contributed by atoms with Crippen molar-refractivity contribution in [3.05, 3.63) is 0 Å². The second kappa shape index (κ2) is 5.71. The van der Waals surface area contributed by atoms with Gasteiger partial charge in [0.05, 0.1) is 0 Å². The van der Waals surface area contributed by atoms with Crippen molar-refractivity contribution in [2.75, 3.05) is 19.0 Å². The van der Waals surface area contributed by atoms with Crippen LogP contribution >= 0.6 is 17.9 Å². The van der Waals surface area contributed by atoms with Gasteiger partial charge in [0.2, 0.25) is 12.4 Å². The summed E-state index contributed by atoms with van der Waals surface area (Å²) in [5, 5.41) is 0. The monoisotopic (exact) mass is 223 g/mol. The summed E-state index contributed by atoms with van der Waals surface area (Å²) in [6.45, 7) is 2.90. The van der Waals surface area contributed by atoms with Gasteiger partial charge in [-0.3, -0.25) is 14.0 Å². The molecule has 0 fully saturated rings. The number of nitrogens with zero attached hydrogens (tertiary/aromatic N) is 1. The molecule has 0 aliphatic carbocycles. The van der Waals surface area contributed by atoms with Crippen molar-refractivity contribution in [1.82, 2.24) is 4.67 Å². The zero-order valence-corrected chi connectivity index (χ0v) is 10.5. The minimum Gasteiger partial charge on any atom is -0.288 e. The first kappa shape index (κ1) is 13.1. The zero-order valence-electron chi connectivity index (χ0n) is 8.74. The van der Waals surface area contributed by atoms with Crippen LogP contribution in [0.15, 0.2) is 0 Å². The largest absolute Gasteiger partial charge is 0.288 e. The number of amides is 1. The van der Waals surface area contributed by atoms with Crippen molar-refractivity contribution in [2.24, 2.45) is 0 Å². The number of carbonyl (C=O) groups excluding carboxylic acids is 1. The van der Waals surface area contributed by atoms with E-state index < -0.39 is 6.49 Å². The number of hydrogen-bond acceptors (Lipinski definition) is 3. The Morgan fingerprint density at radius 2 is 2.00 bits per heavy atom. The number of rotatable bonds is 5.